The second-order valence-corrected chi connectivity index (χ2v) is 7.92. The zero-order chi connectivity index (χ0) is 26.1. The molecule has 11 nitrogen and oxygen atoms in total. The lowest BCUT2D eigenvalue weighted by Crippen LogP contribution is -2.16. The number of phenols is 2. The van der Waals surface area contributed by atoms with Crippen LogP contribution < -0.4 is 5.73 Å². The number of amidine groups is 1. The number of oxime groups is 1. The summed E-state index contributed by atoms with van der Waals surface area (Å²) in [5, 5.41) is 52.2. The van der Waals surface area contributed by atoms with Crippen LogP contribution >= 0.6 is 0 Å². The standard InChI is InChI=1S/C24H19FN4O7/c25-12-2-4-19(30)14(8-12)15-5-11(13(24(34)35)9-20(31)32)6-16(21(15)33)23-27-17-3-1-10(22(26)29-36)7-18(17)28-23/h1-8,13,30,33,36H,9H2,(H2,26,29)(H,27,28)(H,31,32)(H,34,35). The molecule has 0 bridgehead atoms. The molecule has 0 aliphatic carbocycles. The first-order valence-corrected chi connectivity index (χ1v) is 10.4. The highest BCUT2D eigenvalue weighted by Crippen LogP contribution is 2.43. The molecule has 3 aromatic carbocycles. The van der Waals surface area contributed by atoms with Crippen molar-refractivity contribution in [3.63, 3.8) is 0 Å². The van der Waals surface area contributed by atoms with E-state index in [4.69, 9.17) is 10.9 Å². The minimum absolute atomic E-state index is 0.0193. The quantitative estimate of drug-likeness (QED) is 0.0871. The Morgan fingerprint density at radius 3 is 2.42 bits per heavy atom. The number of carboxylic acid groups (broad SMARTS) is 2. The first kappa shape index (κ1) is 24.0. The molecule has 1 atom stereocenters. The zero-order valence-electron chi connectivity index (χ0n) is 18.3. The summed E-state index contributed by atoms with van der Waals surface area (Å²) in [5.74, 6) is -6.00. The first-order chi connectivity index (χ1) is 17.1. The summed E-state index contributed by atoms with van der Waals surface area (Å²) < 4.78 is 14.0. The summed E-state index contributed by atoms with van der Waals surface area (Å²) in [7, 11) is 0. The fraction of sp³-hybridized carbons (Fsp3) is 0.0833. The number of nitrogens with one attached hydrogen (secondary N) is 1. The number of halogens is 1. The van der Waals surface area contributed by atoms with Crippen molar-refractivity contribution in [3.05, 3.63) is 65.5 Å². The van der Waals surface area contributed by atoms with Crippen LogP contribution in [0.1, 0.15) is 23.5 Å². The number of nitrogens with zero attached hydrogens (tertiary/aromatic N) is 2. The molecule has 36 heavy (non-hydrogen) atoms. The predicted octanol–water partition coefficient (Wildman–Crippen LogP) is 3.18. The minimum atomic E-state index is -1.52. The summed E-state index contributed by atoms with van der Waals surface area (Å²) in [4.78, 5) is 30.6. The number of carbonyl (C=O) groups is 2. The van der Waals surface area contributed by atoms with Crippen LogP contribution in [0.15, 0.2) is 53.7 Å². The fourth-order valence-corrected chi connectivity index (χ4v) is 3.84. The molecule has 12 heteroatoms. The van der Waals surface area contributed by atoms with Crippen LogP contribution in [0.5, 0.6) is 11.5 Å². The van der Waals surface area contributed by atoms with Crippen molar-refractivity contribution in [1.29, 1.82) is 0 Å². The molecule has 0 aliphatic heterocycles. The maximum atomic E-state index is 14.0. The molecular weight excluding hydrogens is 475 g/mol. The number of hydrogen-bond acceptors (Lipinski definition) is 7. The van der Waals surface area contributed by atoms with Crippen molar-refractivity contribution in [3.8, 4) is 34.0 Å². The lowest BCUT2D eigenvalue weighted by atomic mass is 9.89. The highest BCUT2D eigenvalue weighted by molar-refractivity contribution is 6.00. The number of rotatable bonds is 7. The van der Waals surface area contributed by atoms with Crippen molar-refractivity contribution in [1.82, 2.24) is 9.97 Å². The van der Waals surface area contributed by atoms with Gasteiger partial charge in [0.25, 0.3) is 0 Å². The molecule has 0 fully saturated rings. The van der Waals surface area contributed by atoms with E-state index in [-0.39, 0.29) is 33.9 Å². The maximum absolute atomic E-state index is 14.0. The van der Waals surface area contributed by atoms with E-state index in [1.165, 1.54) is 18.2 Å². The van der Waals surface area contributed by atoms with Gasteiger partial charge in [-0.1, -0.05) is 5.16 Å². The molecule has 0 aliphatic rings. The monoisotopic (exact) mass is 494 g/mol. The van der Waals surface area contributed by atoms with Gasteiger partial charge < -0.3 is 36.4 Å². The van der Waals surface area contributed by atoms with E-state index in [9.17, 15) is 34.4 Å². The molecular formula is C24H19FN4O7. The number of aromatic hydroxyl groups is 2. The van der Waals surface area contributed by atoms with E-state index in [0.717, 1.165) is 18.2 Å². The third kappa shape index (κ3) is 4.46. The van der Waals surface area contributed by atoms with Crippen molar-refractivity contribution >= 4 is 28.8 Å². The molecule has 0 radical (unpaired) electrons. The van der Waals surface area contributed by atoms with E-state index in [2.05, 4.69) is 15.1 Å². The Kier molecular flexibility index (Phi) is 6.17. The fourth-order valence-electron chi connectivity index (χ4n) is 3.84. The lowest BCUT2D eigenvalue weighted by molar-refractivity contribution is -0.145. The van der Waals surface area contributed by atoms with Gasteiger partial charge in [-0.15, -0.1) is 0 Å². The van der Waals surface area contributed by atoms with Gasteiger partial charge in [-0.3, -0.25) is 9.59 Å². The highest BCUT2D eigenvalue weighted by atomic mass is 19.1. The Balaban J connectivity index is 1.99. The average Bonchev–Trinajstić information content (AvgIpc) is 3.26. The largest absolute Gasteiger partial charge is 0.507 e. The molecule has 184 valence electrons. The van der Waals surface area contributed by atoms with E-state index in [0.29, 0.717) is 16.6 Å². The van der Waals surface area contributed by atoms with Gasteiger partial charge in [0.1, 0.15) is 23.1 Å². The summed E-state index contributed by atoms with van der Waals surface area (Å²) >= 11 is 0. The second-order valence-electron chi connectivity index (χ2n) is 7.92. The molecule has 8 N–H and O–H groups in total. The lowest BCUT2D eigenvalue weighted by Gasteiger charge is -2.17. The smallest absolute Gasteiger partial charge is 0.311 e. The summed E-state index contributed by atoms with van der Waals surface area (Å²) in [6.07, 6.45) is -0.766. The number of fused-ring (bicyclic) bond motifs is 1. The molecule has 1 unspecified atom stereocenters. The number of nitrogens with two attached hydrogens (primary N) is 1. The number of aliphatic carboxylic acids is 2. The molecule has 0 saturated heterocycles. The summed E-state index contributed by atoms with van der Waals surface area (Å²) in [6, 6.07) is 10.1. The molecule has 0 amide bonds. The van der Waals surface area contributed by atoms with E-state index in [1.54, 1.807) is 12.1 Å². The highest BCUT2D eigenvalue weighted by Gasteiger charge is 2.27. The van der Waals surface area contributed by atoms with E-state index < -0.39 is 41.6 Å². The van der Waals surface area contributed by atoms with Crippen molar-refractivity contribution in [2.45, 2.75) is 12.3 Å². The van der Waals surface area contributed by atoms with Crippen LogP contribution in [-0.2, 0) is 9.59 Å². The van der Waals surface area contributed by atoms with Gasteiger partial charge >= 0.3 is 11.9 Å². The normalized spacial score (nSPS) is 12.5. The Morgan fingerprint density at radius 1 is 1.03 bits per heavy atom. The van der Waals surface area contributed by atoms with E-state index >= 15 is 0 Å². The molecule has 4 aromatic rings. The van der Waals surface area contributed by atoms with Crippen LogP contribution in [0.2, 0.25) is 0 Å². The maximum Gasteiger partial charge on any atom is 0.311 e. The first-order valence-electron chi connectivity index (χ1n) is 10.4. The minimum Gasteiger partial charge on any atom is -0.507 e. The zero-order valence-corrected chi connectivity index (χ0v) is 18.3. The van der Waals surface area contributed by atoms with Gasteiger partial charge in [-0.05, 0) is 54.1 Å². The summed E-state index contributed by atoms with van der Waals surface area (Å²) in [5.41, 5.74) is 6.53. The van der Waals surface area contributed by atoms with Gasteiger partial charge in [0.15, 0.2) is 5.84 Å². The Hall–Kier alpha value is -5.13. The van der Waals surface area contributed by atoms with Crippen molar-refractivity contribution in [2.75, 3.05) is 0 Å². The van der Waals surface area contributed by atoms with Gasteiger partial charge in [0.2, 0.25) is 0 Å². The molecule has 1 aromatic heterocycles. The van der Waals surface area contributed by atoms with Crippen molar-refractivity contribution in [2.24, 2.45) is 10.9 Å². The van der Waals surface area contributed by atoms with E-state index in [1.807, 2.05) is 0 Å². The van der Waals surface area contributed by atoms with Crippen LogP contribution in [0.3, 0.4) is 0 Å². The van der Waals surface area contributed by atoms with Crippen LogP contribution in [0.25, 0.3) is 33.5 Å². The topological polar surface area (TPSA) is 202 Å². The number of aromatic nitrogens is 2. The van der Waals surface area contributed by atoms with Crippen LogP contribution in [-0.4, -0.2) is 53.4 Å². The summed E-state index contributed by atoms with van der Waals surface area (Å²) in [6.45, 7) is 0. The SMILES string of the molecule is NC(=NO)c1ccc2nc(-c3cc(C(CC(=O)O)C(=O)O)cc(-c4cc(F)ccc4O)c3O)[nH]c2c1. The number of imidazole rings is 1. The Morgan fingerprint density at radius 2 is 1.75 bits per heavy atom. The molecule has 1 heterocycles. The average molecular weight is 494 g/mol. The number of carboxylic acids is 2. The number of hydrogen-bond donors (Lipinski definition) is 7. The van der Waals surface area contributed by atoms with Crippen LogP contribution in [0, 0.1) is 5.82 Å². The van der Waals surface area contributed by atoms with Gasteiger partial charge in [0, 0.05) is 16.7 Å². The molecule has 0 spiro atoms. The number of aromatic amines is 1. The number of H-pyrrole nitrogens is 1. The number of benzene rings is 3. The van der Waals surface area contributed by atoms with Gasteiger partial charge in [-0.25, -0.2) is 9.37 Å². The number of phenolic OH excluding ortho intramolecular Hbond substituents is 2. The van der Waals surface area contributed by atoms with Crippen LogP contribution in [0.4, 0.5) is 4.39 Å². The second kappa shape index (κ2) is 9.25. The third-order valence-electron chi connectivity index (χ3n) is 5.60. The van der Waals surface area contributed by atoms with Crippen molar-refractivity contribution < 1.29 is 39.6 Å². The predicted molar refractivity (Wildman–Crippen MR) is 125 cm³/mol. The van der Waals surface area contributed by atoms with Gasteiger partial charge in [0.05, 0.1) is 28.9 Å². The Labute approximate surface area is 201 Å². The third-order valence-corrected chi connectivity index (χ3v) is 5.60. The molecule has 0 saturated carbocycles. The van der Waals surface area contributed by atoms with Gasteiger partial charge in [-0.2, -0.15) is 0 Å². The molecule has 4 rings (SSSR count). The Bertz CT molecular complexity index is 1550.